The molecule has 20 heavy (non-hydrogen) atoms. The molecule has 1 aromatic rings. The van der Waals surface area contributed by atoms with Gasteiger partial charge in [0, 0.05) is 28.9 Å². The lowest BCUT2D eigenvalue weighted by Crippen LogP contribution is -2.28. The van der Waals surface area contributed by atoms with E-state index >= 15 is 0 Å². The Morgan fingerprint density at radius 3 is 2.40 bits per heavy atom. The van der Waals surface area contributed by atoms with E-state index < -0.39 is 0 Å². The summed E-state index contributed by atoms with van der Waals surface area (Å²) < 4.78 is 5.65. The number of ether oxygens (including phenoxy) is 1. The van der Waals surface area contributed by atoms with E-state index in [0.29, 0.717) is 5.92 Å². The minimum atomic E-state index is 0. The maximum absolute atomic E-state index is 6.52. The lowest BCUT2D eigenvalue weighted by atomic mass is 9.88. The van der Waals surface area contributed by atoms with E-state index in [9.17, 15) is 0 Å². The fourth-order valence-corrected chi connectivity index (χ4v) is 3.64. The van der Waals surface area contributed by atoms with Gasteiger partial charge in [-0.25, -0.2) is 0 Å². The third kappa shape index (κ3) is 4.96. The first-order valence-electron chi connectivity index (χ1n) is 7.08. The molecular formula is C16H26ClNOS. The highest BCUT2D eigenvalue weighted by Crippen LogP contribution is 2.38. The van der Waals surface area contributed by atoms with Gasteiger partial charge < -0.3 is 10.5 Å². The molecule has 2 nitrogen and oxygen atoms in total. The second kappa shape index (κ2) is 7.69. The number of nitrogens with two attached hydrogens (primary N) is 1. The summed E-state index contributed by atoms with van der Waals surface area (Å²) >= 11 is 1.91. The fourth-order valence-electron chi connectivity index (χ4n) is 2.51. The molecule has 114 valence electrons. The Morgan fingerprint density at radius 2 is 1.80 bits per heavy atom. The van der Waals surface area contributed by atoms with Gasteiger partial charge in [-0.15, -0.1) is 24.2 Å². The van der Waals surface area contributed by atoms with Crippen LogP contribution in [0.1, 0.15) is 45.2 Å². The Labute approximate surface area is 133 Å². The van der Waals surface area contributed by atoms with Crippen molar-refractivity contribution in [2.45, 2.75) is 49.3 Å². The molecule has 2 N–H and O–H groups in total. The molecule has 2 rings (SSSR count). The molecule has 0 saturated carbocycles. The molecule has 1 aliphatic heterocycles. The van der Waals surface area contributed by atoms with Gasteiger partial charge in [0.05, 0.1) is 0 Å². The summed E-state index contributed by atoms with van der Waals surface area (Å²) in [5.41, 5.74) is 7.82. The summed E-state index contributed by atoms with van der Waals surface area (Å²) in [5, 5.41) is 0. The molecule has 0 aliphatic carbocycles. The molecule has 4 heteroatoms. The second-order valence-corrected chi connectivity index (χ2v) is 8.10. The van der Waals surface area contributed by atoms with Crippen LogP contribution in [0.5, 0.6) is 0 Å². The Balaban J connectivity index is 0.00000200. The predicted octanol–water partition coefficient (Wildman–Crippen LogP) is 4.43. The SMILES string of the molecule is CC(C)(C)Sc1ccccc1[C@@H](N)C1CCOCC1.Cl. The summed E-state index contributed by atoms with van der Waals surface area (Å²) in [6.07, 6.45) is 2.16. The molecule has 1 fully saturated rings. The van der Waals surface area contributed by atoms with Crippen LogP contribution in [-0.4, -0.2) is 18.0 Å². The molecule has 0 amide bonds. The van der Waals surface area contributed by atoms with Crippen LogP contribution < -0.4 is 5.73 Å². The summed E-state index contributed by atoms with van der Waals surface area (Å²) in [6.45, 7) is 8.44. The first-order valence-corrected chi connectivity index (χ1v) is 7.90. The van der Waals surface area contributed by atoms with Gasteiger partial charge in [0.15, 0.2) is 0 Å². The Kier molecular flexibility index (Phi) is 6.86. The van der Waals surface area contributed by atoms with Gasteiger partial charge in [-0.05, 0) is 30.4 Å². The first kappa shape index (κ1) is 17.8. The van der Waals surface area contributed by atoms with Crippen LogP contribution >= 0.6 is 24.2 Å². The van der Waals surface area contributed by atoms with Gasteiger partial charge in [0.25, 0.3) is 0 Å². The maximum Gasteiger partial charge on any atom is 0.0469 e. The molecular weight excluding hydrogens is 290 g/mol. The van der Waals surface area contributed by atoms with Crippen LogP contribution in [-0.2, 0) is 4.74 Å². The first-order chi connectivity index (χ1) is 8.97. The highest BCUT2D eigenvalue weighted by Gasteiger charge is 2.25. The molecule has 1 heterocycles. The molecule has 0 unspecified atom stereocenters. The molecule has 0 bridgehead atoms. The average molecular weight is 316 g/mol. The van der Waals surface area contributed by atoms with Crippen LogP contribution in [0.25, 0.3) is 0 Å². The Bertz CT molecular complexity index is 413. The summed E-state index contributed by atoms with van der Waals surface area (Å²) in [5.74, 6) is 0.551. The minimum Gasteiger partial charge on any atom is -0.381 e. The van der Waals surface area contributed by atoms with E-state index in [1.165, 1.54) is 10.5 Å². The van der Waals surface area contributed by atoms with Gasteiger partial charge in [0.1, 0.15) is 0 Å². The fraction of sp³-hybridized carbons (Fsp3) is 0.625. The Morgan fingerprint density at radius 1 is 1.20 bits per heavy atom. The van der Waals surface area contributed by atoms with Gasteiger partial charge >= 0.3 is 0 Å². The number of thioether (sulfide) groups is 1. The standard InChI is InChI=1S/C16H25NOS.ClH/c1-16(2,3)19-14-7-5-4-6-13(14)15(17)12-8-10-18-11-9-12;/h4-7,12,15H,8-11,17H2,1-3H3;1H/t15-;/m0./s1. The third-order valence-electron chi connectivity index (χ3n) is 3.47. The van der Waals surface area contributed by atoms with E-state index in [1.54, 1.807) is 0 Å². The molecule has 1 atom stereocenters. The number of hydrogen-bond donors (Lipinski definition) is 1. The number of rotatable bonds is 3. The van der Waals surface area contributed by atoms with Crippen molar-refractivity contribution in [3.8, 4) is 0 Å². The highest BCUT2D eigenvalue weighted by atomic mass is 35.5. The van der Waals surface area contributed by atoms with E-state index in [1.807, 2.05) is 11.8 Å². The number of hydrogen-bond acceptors (Lipinski definition) is 3. The zero-order valence-electron chi connectivity index (χ0n) is 12.6. The van der Waals surface area contributed by atoms with Crippen molar-refractivity contribution in [2.24, 2.45) is 11.7 Å². The monoisotopic (exact) mass is 315 g/mol. The van der Waals surface area contributed by atoms with Crippen molar-refractivity contribution in [3.63, 3.8) is 0 Å². The van der Waals surface area contributed by atoms with Gasteiger partial charge in [-0.2, -0.15) is 0 Å². The van der Waals surface area contributed by atoms with E-state index in [0.717, 1.165) is 26.1 Å². The van der Waals surface area contributed by atoms with Crippen LogP contribution in [0.4, 0.5) is 0 Å². The minimum absolute atomic E-state index is 0. The zero-order chi connectivity index (χ0) is 13.9. The predicted molar refractivity (Wildman–Crippen MR) is 89.8 cm³/mol. The largest absolute Gasteiger partial charge is 0.381 e. The lowest BCUT2D eigenvalue weighted by molar-refractivity contribution is 0.0581. The molecule has 1 aromatic carbocycles. The lowest BCUT2D eigenvalue weighted by Gasteiger charge is -2.30. The summed E-state index contributed by atoms with van der Waals surface area (Å²) in [4.78, 5) is 1.33. The summed E-state index contributed by atoms with van der Waals surface area (Å²) in [7, 11) is 0. The Hall–Kier alpha value is -0.220. The normalized spacial score (nSPS) is 18.4. The van der Waals surface area contributed by atoms with Gasteiger partial charge in [-0.3, -0.25) is 0 Å². The smallest absolute Gasteiger partial charge is 0.0469 e. The van der Waals surface area contributed by atoms with Crippen LogP contribution in [0.3, 0.4) is 0 Å². The highest BCUT2D eigenvalue weighted by molar-refractivity contribution is 8.00. The van der Waals surface area contributed by atoms with Crippen molar-refractivity contribution in [3.05, 3.63) is 29.8 Å². The maximum atomic E-state index is 6.52. The van der Waals surface area contributed by atoms with Crippen molar-refractivity contribution in [2.75, 3.05) is 13.2 Å². The van der Waals surface area contributed by atoms with Crippen molar-refractivity contribution < 1.29 is 4.74 Å². The summed E-state index contributed by atoms with van der Waals surface area (Å²) in [6, 6.07) is 8.73. The molecule has 0 spiro atoms. The third-order valence-corrected chi connectivity index (χ3v) is 4.67. The topological polar surface area (TPSA) is 35.2 Å². The molecule has 0 aromatic heterocycles. The molecule has 1 saturated heterocycles. The number of benzene rings is 1. The van der Waals surface area contributed by atoms with E-state index in [-0.39, 0.29) is 23.2 Å². The second-order valence-electron chi connectivity index (χ2n) is 6.23. The van der Waals surface area contributed by atoms with E-state index in [2.05, 4.69) is 45.0 Å². The van der Waals surface area contributed by atoms with E-state index in [4.69, 9.17) is 10.5 Å². The zero-order valence-corrected chi connectivity index (χ0v) is 14.2. The van der Waals surface area contributed by atoms with Crippen LogP contribution in [0.2, 0.25) is 0 Å². The van der Waals surface area contributed by atoms with Gasteiger partial charge in [-0.1, -0.05) is 39.0 Å². The van der Waals surface area contributed by atoms with Crippen molar-refractivity contribution in [1.82, 2.24) is 0 Å². The van der Waals surface area contributed by atoms with Crippen molar-refractivity contribution >= 4 is 24.2 Å². The molecule has 0 radical (unpaired) electrons. The van der Waals surface area contributed by atoms with Crippen LogP contribution in [0.15, 0.2) is 29.2 Å². The van der Waals surface area contributed by atoms with Crippen molar-refractivity contribution in [1.29, 1.82) is 0 Å². The molecule has 1 aliphatic rings. The number of halogens is 1. The quantitative estimate of drug-likeness (QED) is 0.838. The van der Waals surface area contributed by atoms with Crippen LogP contribution in [0, 0.1) is 5.92 Å². The average Bonchev–Trinajstić information content (AvgIpc) is 2.38. The van der Waals surface area contributed by atoms with Gasteiger partial charge in [0.2, 0.25) is 0 Å².